The van der Waals surface area contributed by atoms with Crippen molar-refractivity contribution in [3.8, 4) is 0 Å². The molecule has 1 aromatic carbocycles. The Morgan fingerprint density at radius 2 is 2.15 bits per heavy atom. The van der Waals surface area contributed by atoms with Gasteiger partial charge < -0.3 is 5.32 Å². The molecular weight excluding hydrogens is 312 g/mol. The van der Waals surface area contributed by atoms with Crippen molar-refractivity contribution >= 4 is 15.9 Å². The summed E-state index contributed by atoms with van der Waals surface area (Å²) >= 11 is 3.73. The molecule has 20 heavy (non-hydrogen) atoms. The van der Waals surface area contributed by atoms with Crippen LogP contribution in [0.15, 0.2) is 34.3 Å². The van der Waals surface area contributed by atoms with Gasteiger partial charge in [0.25, 0.3) is 0 Å². The number of halogens is 1. The number of benzene rings is 1. The number of hydrogen-bond donors (Lipinski definition) is 1. The van der Waals surface area contributed by atoms with E-state index in [1.54, 1.807) is 0 Å². The Bertz CT molecular complexity index is 480. The van der Waals surface area contributed by atoms with Crippen molar-refractivity contribution in [1.29, 1.82) is 0 Å². The molecule has 0 amide bonds. The predicted molar refractivity (Wildman–Crippen MR) is 89.8 cm³/mol. The second-order valence-electron chi connectivity index (χ2n) is 6.01. The van der Waals surface area contributed by atoms with Crippen LogP contribution in [-0.2, 0) is 13.1 Å². The molecule has 1 N–H and O–H groups in total. The van der Waals surface area contributed by atoms with Gasteiger partial charge in [0.2, 0.25) is 0 Å². The largest absolute Gasteiger partial charge is 0.310 e. The van der Waals surface area contributed by atoms with Gasteiger partial charge in [-0.1, -0.05) is 53.6 Å². The molecule has 0 radical (unpaired) electrons. The lowest BCUT2D eigenvalue weighted by atomic mass is 10.1. The zero-order valence-corrected chi connectivity index (χ0v) is 14.3. The molecule has 1 aromatic rings. The van der Waals surface area contributed by atoms with Crippen LogP contribution in [0.25, 0.3) is 0 Å². The number of nitrogens with zero attached hydrogens (tertiary/aromatic N) is 1. The average molecular weight is 337 g/mol. The molecular formula is C17H25BrN2. The molecule has 2 nitrogen and oxygen atoms in total. The van der Waals surface area contributed by atoms with Crippen LogP contribution in [-0.4, -0.2) is 24.0 Å². The van der Waals surface area contributed by atoms with Crippen LogP contribution in [0.5, 0.6) is 0 Å². The zero-order valence-electron chi connectivity index (χ0n) is 12.7. The van der Waals surface area contributed by atoms with Gasteiger partial charge in [-0.2, -0.15) is 0 Å². The first kappa shape index (κ1) is 15.7. The van der Waals surface area contributed by atoms with Gasteiger partial charge >= 0.3 is 0 Å². The lowest BCUT2D eigenvalue weighted by Crippen LogP contribution is -2.29. The first-order valence-electron chi connectivity index (χ1n) is 7.43. The Labute approximate surface area is 131 Å². The van der Waals surface area contributed by atoms with Crippen LogP contribution >= 0.6 is 15.9 Å². The SMILES string of the molecule is CC1=CCCN(Cc2ccc(CNC(C)C)cc2Br)C1. The molecule has 1 aliphatic rings. The van der Waals surface area contributed by atoms with Gasteiger partial charge in [-0.15, -0.1) is 0 Å². The molecule has 0 aliphatic carbocycles. The van der Waals surface area contributed by atoms with Gasteiger partial charge in [-0.3, -0.25) is 4.90 Å². The minimum Gasteiger partial charge on any atom is -0.310 e. The van der Waals surface area contributed by atoms with E-state index in [9.17, 15) is 0 Å². The van der Waals surface area contributed by atoms with Gasteiger partial charge in [-0.05, 0) is 30.5 Å². The summed E-state index contributed by atoms with van der Waals surface area (Å²) in [6.45, 7) is 10.8. The van der Waals surface area contributed by atoms with E-state index in [0.717, 1.165) is 19.6 Å². The first-order chi connectivity index (χ1) is 9.54. The van der Waals surface area contributed by atoms with Crippen LogP contribution in [0.2, 0.25) is 0 Å². The van der Waals surface area contributed by atoms with Gasteiger partial charge in [0.05, 0.1) is 0 Å². The van der Waals surface area contributed by atoms with Crippen molar-refractivity contribution in [1.82, 2.24) is 10.2 Å². The molecule has 0 atom stereocenters. The van der Waals surface area contributed by atoms with Gasteiger partial charge in [-0.25, -0.2) is 0 Å². The molecule has 0 saturated carbocycles. The van der Waals surface area contributed by atoms with Gasteiger partial charge in [0, 0.05) is 36.7 Å². The summed E-state index contributed by atoms with van der Waals surface area (Å²) in [4.78, 5) is 2.52. The lowest BCUT2D eigenvalue weighted by molar-refractivity contribution is 0.282. The number of rotatable bonds is 5. The van der Waals surface area contributed by atoms with Crippen LogP contribution in [0.4, 0.5) is 0 Å². The third-order valence-electron chi connectivity index (χ3n) is 3.64. The highest BCUT2D eigenvalue weighted by Crippen LogP contribution is 2.22. The quantitative estimate of drug-likeness (QED) is 0.814. The van der Waals surface area contributed by atoms with Crippen LogP contribution < -0.4 is 5.32 Å². The summed E-state index contributed by atoms with van der Waals surface area (Å²) in [5.74, 6) is 0. The zero-order chi connectivity index (χ0) is 14.5. The summed E-state index contributed by atoms with van der Waals surface area (Å²) in [5.41, 5.74) is 4.21. The van der Waals surface area contributed by atoms with Crippen molar-refractivity contribution in [3.63, 3.8) is 0 Å². The number of hydrogen-bond acceptors (Lipinski definition) is 2. The van der Waals surface area contributed by atoms with E-state index in [4.69, 9.17) is 0 Å². The third-order valence-corrected chi connectivity index (χ3v) is 4.38. The molecule has 0 spiro atoms. The maximum absolute atomic E-state index is 3.73. The van der Waals surface area contributed by atoms with Crippen molar-refractivity contribution in [2.75, 3.05) is 13.1 Å². The molecule has 0 unspecified atom stereocenters. The Morgan fingerprint density at radius 1 is 1.35 bits per heavy atom. The first-order valence-corrected chi connectivity index (χ1v) is 8.22. The van der Waals surface area contributed by atoms with Crippen molar-refractivity contribution in [2.45, 2.75) is 46.3 Å². The fourth-order valence-electron chi connectivity index (χ4n) is 2.52. The normalized spacial score (nSPS) is 16.6. The van der Waals surface area contributed by atoms with Crippen molar-refractivity contribution in [2.24, 2.45) is 0 Å². The van der Waals surface area contributed by atoms with Crippen LogP contribution in [0.3, 0.4) is 0 Å². The minimum atomic E-state index is 0.525. The minimum absolute atomic E-state index is 0.525. The monoisotopic (exact) mass is 336 g/mol. The average Bonchev–Trinajstić information content (AvgIpc) is 2.39. The second kappa shape index (κ2) is 7.39. The molecule has 2 rings (SSSR count). The van der Waals surface area contributed by atoms with E-state index in [1.807, 2.05) is 0 Å². The van der Waals surface area contributed by atoms with Crippen LogP contribution in [0, 0.1) is 0 Å². The summed E-state index contributed by atoms with van der Waals surface area (Å²) in [7, 11) is 0. The highest BCUT2D eigenvalue weighted by molar-refractivity contribution is 9.10. The second-order valence-corrected chi connectivity index (χ2v) is 6.87. The number of nitrogens with one attached hydrogen (secondary N) is 1. The molecule has 3 heteroatoms. The van der Waals surface area contributed by atoms with Crippen molar-refractivity contribution in [3.05, 3.63) is 45.4 Å². The van der Waals surface area contributed by atoms with Crippen molar-refractivity contribution < 1.29 is 0 Å². The van der Waals surface area contributed by atoms with Gasteiger partial charge in [0.15, 0.2) is 0 Å². The summed E-state index contributed by atoms with van der Waals surface area (Å²) < 4.78 is 1.23. The summed E-state index contributed by atoms with van der Waals surface area (Å²) in [5, 5.41) is 3.46. The summed E-state index contributed by atoms with van der Waals surface area (Å²) in [6.07, 6.45) is 3.53. The molecule has 1 heterocycles. The Hall–Kier alpha value is -0.640. The molecule has 0 saturated heterocycles. The Morgan fingerprint density at radius 3 is 2.80 bits per heavy atom. The topological polar surface area (TPSA) is 15.3 Å². The fourth-order valence-corrected chi connectivity index (χ4v) is 3.07. The Kier molecular flexibility index (Phi) is 5.82. The van der Waals surface area contributed by atoms with E-state index in [0.29, 0.717) is 6.04 Å². The smallest absolute Gasteiger partial charge is 0.0248 e. The van der Waals surface area contributed by atoms with E-state index < -0.39 is 0 Å². The molecule has 1 aliphatic heterocycles. The standard InChI is InChI=1S/C17H25BrN2/c1-13(2)19-10-15-6-7-16(17(18)9-15)12-20-8-4-5-14(3)11-20/h5-7,9,13,19H,4,8,10-12H2,1-3H3. The lowest BCUT2D eigenvalue weighted by Gasteiger charge is -2.26. The maximum atomic E-state index is 3.73. The Balaban J connectivity index is 1.97. The van der Waals surface area contributed by atoms with E-state index in [1.165, 1.54) is 34.1 Å². The predicted octanol–water partition coefficient (Wildman–Crippen LogP) is 4.10. The summed E-state index contributed by atoms with van der Waals surface area (Å²) in [6, 6.07) is 7.27. The van der Waals surface area contributed by atoms with E-state index >= 15 is 0 Å². The molecule has 0 aromatic heterocycles. The maximum Gasteiger partial charge on any atom is 0.0248 e. The highest BCUT2D eigenvalue weighted by atomic mass is 79.9. The van der Waals surface area contributed by atoms with E-state index in [-0.39, 0.29) is 0 Å². The highest BCUT2D eigenvalue weighted by Gasteiger charge is 2.12. The molecule has 0 bridgehead atoms. The van der Waals surface area contributed by atoms with Crippen LogP contribution in [0.1, 0.15) is 38.3 Å². The molecule has 110 valence electrons. The molecule has 0 fully saturated rings. The fraction of sp³-hybridized carbons (Fsp3) is 0.529. The third kappa shape index (κ3) is 4.72. The van der Waals surface area contributed by atoms with Gasteiger partial charge in [0.1, 0.15) is 0 Å². The van der Waals surface area contributed by atoms with E-state index in [2.05, 4.69) is 71.2 Å².